The zero-order valence-corrected chi connectivity index (χ0v) is 17.3. The number of oxazole rings is 1. The van der Waals surface area contributed by atoms with E-state index >= 15 is 0 Å². The monoisotopic (exact) mass is 414 g/mol. The Bertz CT molecular complexity index is 1120. The van der Waals surface area contributed by atoms with Gasteiger partial charge in [0.05, 0.1) is 0 Å². The van der Waals surface area contributed by atoms with Crippen molar-refractivity contribution in [1.82, 2.24) is 4.98 Å². The van der Waals surface area contributed by atoms with E-state index in [1.54, 1.807) is 12.1 Å². The third-order valence-corrected chi connectivity index (χ3v) is 5.71. The van der Waals surface area contributed by atoms with Gasteiger partial charge in [0, 0.05) is 11.8 Å². The number of fused-ring (bicyclic) bond motifs is 1. The second-order valence-corrected chi connectivity index (χ2v) is 7.91. The smallest absolute Gasteiger partial charge is 0.220 e. The summed E-state index contributed by atoms with van der Waals surface area (Å²) >= 11 is 0. The highest BCUT2D eigenvalue weighted by Gasteiger charge is 2.26. The van der Waals surface area contributed by atoms with E-state index in [4.69, 9.17) is 10.2 Å². The van der Waals surface area contributed by atoms with Crippen molar-refractivity contribution in [3.63, 3.8) is 0 Å². The molecule has 0 saturated heterocycles. The average Bonchev–Trinajstić information content (AvgIpc) is 3.21. The molecule has 1 heterocycles. The molecule has 0 fully saturated rings. The maximum absolute atomic E-state index is 12.3. The minimum absolute atomic E-state index is 0.104. The SMILES string of the molecule is NC(=O)C(Cc1ccccc1)CC(CCc1ccccc1O)c1nc2ccccc2o1. The first-order valence-corrected chi connectivity index (χ1v) is 10.6. The molecule has 0 aliphatic rings. The number of primary amides is 1. The van der Waals surface area contributed by atoms with Crippen LogP contribution in [0.25, 0.3) is 11.1 Å². The molecule has 0 aliphatic carbocycles. The number of benzene rings is 3. The van der Waals surface area contributed by atoms with E-state index < -0.39 is 0 Å². The van der Waals surface area contributed by atoms with Gasteiger partial charge in [0.15, 0.2) is 11.5 Å². The van der Waals surface area contributed by atoms with Crippen LogP contribution >= 0.6 is 0 Å². The summed E-state index contributed by atoms with van der Waals surface area (Å²) in [6.45, 7) is 0. The van der Waals surface area contributed by atoms with Gasteiger partial charge in [-0.3, -0.25) is 4.79 Å². The van der Waals surface area contributed by atoms with E-state index in [-0.39, 0.29) is 23.5 Å². The number of nitrogens with two attached hydrogens (primary N) is 1. The second kappa shape index (κ2) is 9.47. The number of aryl methyl sites for hydroxylation is 1. The number of hydrogen-bond donors (Lipinski definition) is 2. The molecule has 5 nitrogen and oxygen atoms in total. The van der Waals surface area contributed by atoms with Crippen LogP contribution in [0, 0.1) is 5.92 Å². The third kappa shape index (κ3) is 5.12. The van der Waals surface area contributed by atoms with Crippen molar-refractivity contribution in [3.8, 4) is 5.75 Å². The highest BCUT2D eigenvalue weighted by atomic mass is 16.3. The molecule has 0 aliphatic heterocycles. The number of carbonyl (C=O) groups excluding carboxylic acids is 1. The van der Waals surface area contributed by atoms with Crippen molar-refractivity contribution in [1.29, 1.82) is 0 Å². The van der Waals surface area contributed by atoms with Gasteiger partial charge in [0.25, 0.3) is 0 Å². The van der Waals surface area contributed by atoms with Crippen LogP contribution in [0.1, 0.15) is 35.8 Å². The molecule has 2 unspecified atom stereocenters. The lowest BCUT2D eigenvalue weighted by Gasteiger charge is -2.20. The predicted octanol–water partition coefficient (Wildman–Crippen LogP) is 4.98. The molecule has 1 amide bonds. The fourth-order valence-corrected chi connectivity index (χ4v) is 4.00. The molecule has 0 saturated carbocycles. The zero-order valence-electron chi connectivity index (χ0n) is 17.3. The van der Waals surface area contributed by atoms with Gasteiger partial charge >= 0.3 is 0 Å². The number of aromatic nitrogens is 1. The zero-order chi connectivity index (χ0) is 21.6. The molecule has 4 aromatic rings. The Morgan fingerprint density at radius 2 is 1.68 bits per heavy atom. The highest BCUT2D eigenvalue weighted by molar-refractivity contribution is 5.77. The van der Waals surface area contributed by atoms with Crippen molar-refractivity contribution >= 4 is 17.0 Å². The molecule has 0 radical (unpaired) electrons. The summed E-state index contributed by atoms with van der Waals surface area (Å²) in [5.41, 5.74) is 9.24. The van der Waals surface area contributed by atoms with E-state index in [1.165, 1.54) is 0 Å². The molecule has 3 aromatic carbocycles. The molecule has 31 heavy (non-hydrogen) atoms. The molecule has 5 heteroatoms. The molecule has 158 valence electrons. The largest absolute Gasteiger partial charge is 0.508 e. The summed E-state index contributed by atoms with van der Waals surface area (Å²) in [6.07, 6.45) is 2.43. The Labute approximate surface area is 181 Å². The van der Waals surface area contributed by atoms with Crippen LogP contribution in [0.15, 0.2) is 83.3 Å². The van der Waals surface area contributed by atoms with Gasteiger partial charge in [-0.15, -0.1) is 0 Å². The van der Waals surface area contributed by atoms with E-state index in [0.717, 1.165) is 22.2 Å². The van der Waals surface area contributed by atoms with Gasteiger partial charge in [0.1, 0.15) is 11.3 Å². The van der Waals surface area contributed by atoms with Gasteiger partial charge in [-0.05, 0) is 55.0 Å². The fraction of sp³-hybridized carbons (Fsp3) is 0.231. The number of phenols is 1. The van der Waals surface area contributed by atoms with Gasteiger partial charge < -0.3 is 15.3 Å². The van der Waals surface area contributed by atoms with E-state index in [9.17, 15) is 9.90 Å². The van der Waals surface area contributed by atoms with Gasteiger partial charge in [-0.1, -0.05) is 60.7 Å². The summed E-state index contributed by atoms with van der Waals surface area (Å²) < 4.78 is 6.05. The molecule has 3 N–H and O–H groups in total. The molecule has 1 aromatic heterocycles. The molecule has 0 spiro atoms. The Hall–Kier alpha value is -3.60. The van der Waals surface area contributed by atoms with Crippen LogP contribution < -0.4 is 5.73 Å². The number of rotatable bonds is 9. The van der Waals surface area contributed by atoms with Gasteiger partial charge in [-0.2, -0.15) is 0 Å². The maximum Gasteiger partial charge on any atom is 0.220 e. The summed E-state index contributed by atoms with van der Waals surface area (Å²) in [5, 5.41) is 10.2. The Morgan fingerprint density at radius 3 is 2.42 bits per heavy atom. The molecule has 4 rings (SSSR count). The number of nitrogens with zero attached hydrogens (tertiary/aromatic N) is 1. The first kappa shape index (κ1) is 20.7. The van der Waals surface area contributed by atoms with E-state index in [1.807, 2.05) is 66.7 Å². The lowest BCUT2D eigenvalue weighted by atomic mass is 9.85. The Morgan fingerprint density at radius 1 is 0.968 bits per heavy atom. The number of aromatic hydroxyl groups is 1. The van der Waals surface area contributed by atoms with Crippen LogP contribution in [0.2, 0.25) is 0 Å². The van der Waals surface area contributed by atoms with Crippen molar-refractivity contribution in [2.75, 3.05) is 0 Å². The standard InChI is InChI=1S/C26H26N2O3/c27-25(30)21(16-18-8-2-1-3-9-18)17-20(15-14-19-10-4-6-12-23(19)29)26-28-22-11-5-7-13-24(22)31-26/h1-13,20-21,29H,14-17H2,(H2,27,30). The van der Waals surface area contributed by atoms with Crippen LogP contribution in [0.3, 0.4) is 0 Å². The lowest BCUT2D eigenvalue weighted by Crippen LogP contribution is -2.27. The van der Waals surface area contributed by atoms with Gasteiger partial charge in [0.2, 0.25) is 5.91 Å². The van der Waals surface area contributed by atoms with E-state index in [2.05, 4.69) is 4.98 Å². The topological polar surface area (TPSA) is 89.4 Å². The summed E-state index contributed by atoms with van der Waals surface area (Å²) in [4.78, 5) is 17.0. The summed E-state index contributed by atoms with van der Waals surface area (Å²) in [7, 11) is 0. The first-order chi connectivity index (χ1) is 15.1. The first-order valence-electron chi connectivity index (χ1n) is 10.6. The quantitative estimate of drug-likeness (QED) is 0.404. The van der Waals surface area contributed by atoms with Crippen LogP contribution in [0.4, 0.5) is 0 Å². The van der Waals surface area contributed by atoms with Crippen LogP contribution in [-0.4, -0.2) is 16.0 Å². The van der Waals surface area contributed by atoms with Crippen LogP contribution in [0.5, 0.6) is 5.75 Å². The van der Waals surface area contributed by atoms with Crippen LogP contribution in [-0.2, 0) is 17.6 Å². The fourth-order valence-electron chi connectivity index (χ4n) is 4.00. The second-order valence-electron chi connectivity index (χ2n) is 7.91. The highest BCUT2D eigenvalue weighted by Crippen LogP contribution is 2.33. The number of phenolic OH excluding ortho intramolecular Hbond substituents is 1. The Balaban J connectivity index is 1.60. The molecular formula is C26H26N2O3. The molecular weight excluding hydrogens is 388 g/mol. The van der Waals surface area contributed by atoms with Crippen molar-refractivity contribution in [2.45, 2.75) is 31.6 Å². The van der Waals surface area contributed by atoms with E-state index in [0.29, 0.717) is 31.6 Å². The van der Waals surface area contributed by atoms with Crippen molar-refractivity contribution in [2.24, 2.45) is 11.7 Å². The van der Waals surface area contributed by atoms with Crippen molar-refractivity contribution in [3.05, 3.63) is 95.9 Å². The molecule has 0 bridgehead atoms. The van der Waals surface area contributed by atoms with Crippen molar-refractivity contribution < 1.29 is 14.3 Å². The number of para-hydroxylation sites is 3. The number of carbonyl (C=O) groups is 1. The minimum atomic E-state index is -0.341. The Kier molecular flexibility index (Phi) is 6.32. The maximum atomic E-state index is 12.3. The minimum Gasteiger partial charge on any atom is -0.508 e. The number of amides is 1. The van der Waals surface area contributed by atoms with Gasteiger partial charge in [-0.25, -0.2) is 4.98 Å². The predicted molar refractivity (Wildman–Crippen MR) is 121 cm³/mol. The third-order valence-electron chi connectivity index (χ3n) is 5.71. The molecule has 2 atom stereocenters. The normalized spacial score (nSPS) is 13.2. The number of hydrogen-bond acceptors (Lipinski definition) is 4. The lowest BCUT2D eigenvalue weighted by molar-refractivity contribution is -0.122. The summed E-state index contributed by atoms with van der Waals surface area (Å²) in [6, 6.07) is 24.8. The summed E-state index contributed by atoms with van der Waals surface area (Å²) in [5.74, 6) is 0.109. The average molecular weight is 415 g/mol.